The summed E-state index contributed by atoms with van der Waals surface area (Å²) in [5, 5.41) is 0. The SMILES string of the molecule is Cc1cccc(C)c1-c1nc(C(C)C)cc(=O)[nH]1. The summed E-state index contributed by atoms with van der Waals surface area (Å²) in [6.07, 6.45) is 0. The van der Waals surface area contributed by atoms with Crippen LogP contribution in [0.3, 0.4) is 0 Å². The second kappa shape index (κ2) is 4.77. The zero-order chi connectivity index (χ0) is 13.3. The van der Waals surface area contributed by atoms with Crippen LogP contribution in [0.5, 0.6) is 0 Å². The van der Waals surface area contributed by atoms with Crippen molar-refractivity contribution in [2.45, 2.75) is 33.6 Å². The van der Waals surface area contributed by atoms with E-state index in [-0.39, 0.29) is 11.5 Å². The van der Waals surface area contributed by atoms with Gasteiger partial charge in [0, 0.05) is 11.6 Å². The van der Waals surface area contributed by atoms with E-state index in [0.717, 1.165) is 22.4 Å². The molecule has 0 fully saturated rings. The van der Waals surface area contributed by atoms with E-state index in [9.17, 15) is 4.79 Å². The fraction of sp³-hybridized carbons (Fsp3) is 0.333. The molecule has 0 bridgehead atoms. The van der Waals surface area contributed by atoms with E-state index in [1.165, 1.54) is 0 Å². The summed E-state index contributed by atoms with van der Waals surface area (Å²) in [4.78, 5) is 19.1. The third kappa shape index (κ3) is 2.35. The lowest BCUT2D eigenvalue weighted by molar-refractivity contribution is 0.811. The van der Waals surface area contributed by atoms with Crippen molar-refractivity contribution < 1.29 is 0 Å². The van der Waals surface area contributed by atoms with Crippen LogP contribution in [-0.4, -0.2) is 9.97 Å². The molecule has 2 aromatic rings. The van der Waals surface area contributed by atoms with Crippen LogP contribution in [0, 0.1) is 13.8 Å². The zero-order valence-corrected chi connectivity index (χ0v) is 11.2. The number of H-pyrrole nitrogens is 1. The molecule has 0 amide bonds. The van der Waals surface area contributed by atoms with Gasteiger partial charge in [0.15, 0.2) is 0 Å². The van der Waals surface area contributed by atoms with Gasteiger partial charge in [-0.2, -0.15) is 0 Å². The standard InChI is InChI=1S/C15H18N2O/c1-9(2)12-8-13(18)17-15(16-12)14-10(3)6-5-7-11(14)4/h5-9H,1-4H3,(H,16,17,18). The van der Waals surface area contributed by atoms with Crippen LogP contribution in [-0.2, 0) is 0 Å². The van der Waals surface area contributed by atoms with Crippen LogP contribution in [0.4, 0.5) is 0 Å². The monoisotopic (exact) mass is 242 g/mol. The van der Waals surface area contributed by atoms with Gasteiger partial charge in [0.1, 0.15) is 5.82 Å². The average Bonchev–Trinajstić information content (AvgIpc) is 2.28. The lowest BCUT2D eigenvalue weighted by atomic mass is 10.0. The maximum absolute atomic E-state index is 11.7. The first-order chi connectivity index (χ1) is 8.49. The van der Waals surface area contributed by atoms with Gasteiger partial charge in [-0.25, -0.2) is 4.98 Å². The lowest BCUT2D eigenvalue weighted by Gasteiger charge is -2.11. The van der Waals surface area contributed by atoms with Crippen molar-refractivity contribution >= 4 is 0 Å². The molecular formula is C15H18N2O. The van der Waals surface area contributed by atoms with Crippen LogP contribution >= 0.6 is 0 Å². The van der Waals surface area contributed by atoms with Crippen molar-refractivity contribution in [3.8, 4) is 11.4 Å². The van der Waals surface area contributed by atoms with Crippen molar-refractivity contribution in [2.24, 2.45) is 0 Å². The minimum atomic E-state index is -0.0913. The molecule has 94 valence electrons. The molecule has 0 spiro atoms. The Morgan fingerprint density at radius 1 is 1.17 bits per heavy atom. The minimum Gasteiger partial charge on any atom is -0.306 e. The quantitative estimate of drug-likeness (QED) is 0.879. The Morgan fingerprint density at radius 3 is 2.33 bits per heavy atom. The molecule has 3 nitrogen and oxygen atoms in total. The van der Waals surface area contributed by atoms with Crippen molar-refractivity contribution in [1.29, 1.82) is 0 Å². The largest absolute Gasteiger partial charge is 0.306 e. The lowest BCUT2D eigenvalue weighted by Crippen LogP contribution is -2.12. The molecule has 0 aliphatic rings. The van der Waals surface area contributed by atoms with E-state index in [1.807, 2.05) is 45.9 Å². The van der Waals surface area contributed by atoms with E-state index in [4.69, 9.17) is 0 Å². The average molecular weight is 242 g/mol. The Balaban J connectivity index is 2.68. The van der Waals surface area contributed by atoms with Gasteiger partial charge < -0.3 is 4.98 Å². The van der Waals surface area contributed by atoms with Crippen LogP contribution in [0.1, 0.15) is 36.6 Å². The van der Waals surface area contributed by atoms with Crippen molar-refractivity contribution in [1.82, 2.24) is 9.97 Å². The molecule has 1 aromatic carbocycles. The summed E-state index contributed by atoms with van der Waals surface area (Å²) >= 11 is 0. The summed E-state index contributed by atoms with van der Waals surface area (Å²) in [5.74, 6) is 0.914. The first-order valence-electron chi connectivity index (χ1n) is 6.17. The highest BCUT2D eigenvalue weighted by Crippen LogP contribution is 2.24. The summed E-state index contributed by atoms with van der Waals surface area (Å²) in [6, 6.07) is 7.65. The zero-order valence-electron chi connectivity index (χ0n) is 11.2. The van der Waals surface area contributed by atoms with E-state index >= 15 is 0 Å². The molecule has 0 saturated carbocycles. The molecule has 1 heterocycles. The van der Waals surface area contributed by atoms with Crippen LogP contribution in [0.2, 0.25) is 0 Å². The molecule has 0 aliphatic carbocycles. The van der Waals surface area contributed by atoms with E-state index < -0.39 is 0 Å². The molecule has 0 aliphatic heterocycles. The van der Waals surface area contributed by atoms with Gasteiger partial charge in [0.25, 0.3) is 5.56 Å². The number of nitrogens with one attached hydrogen (secondary N) is 1. The Labute approximate surface area is 107 Å². The number of rotatable bonds is 2. The Bertz CT molecular complexity index is 606. The fourth-order valence-corrected chi connectivity index (χ4v) is 2.08. The Hall–Kier alpha value is -1.90. The van der Waals surface area contributed by atoms with Gasteiger partial charge in [-0.05, 0) is 30.9 Å². The smallest absolute Gasteiger partial charge is 0.251 e. The maximum Gasteiger partial charge on any atom is 0.251 e. The minimum absolute atomic E-state index is 0.0913. The van der Waals surface area contributed by atoms with Crippen molar-refractivity contribution in [3.05, 3.63) is 51.4 Å². The fourth-order valence-electron chi connectivity index (χ4n) is 2.08. The highest BCUT2D eigenvalue weighted by molar-refractivity contribution is 5.64. The molecule has 2 rings (SSSR count). The molecule has 0 unspecified atom stereocenters. The van der Waals surface area contributed by atoms with Gasteiger partial charge >= 0.3 is 0 Å². The predicted octanol–water partition coefficient (Wildman–Crippen LogP) is 3.18. The highest BCUT2D eigenvalue weighted by atomic mass is 16.1. The third-order valence-corrected chi connectivity index (χ3v) is 3.07. The van der Waals surface area contributed by atoms with Gasteiger partial charge in [-0.1, -0.05) is 32.0 Å². The Morgan fingerprint density at radius 2 is 1.78 bits per heavy atom. The summed E-state index contributed by atoms with van der Waals surface area (Å²) < 4.78 is 0. The number of nitrogens with zero attached hydrogens (tertiary/aromatic N) is 1. The highest BCUT2D eigenvalue weighted by Gasteiger charge is 2.10. The summed E-state index contributed by atoms with van der Waals surface area (Å²) in [5.41, 5.74) is 4.01. The molecule has 3 heteroatoms. The van der Waals surface area contributed by atoms with Crippen LogP contribution < -0.4 is 5.56 Å². The number of hydrogen-bond donors (Lipinski definition) is 1. The van der Waals surface area contributed by atoms with Crippen LogP contribution in [0.25, 0.3) is 11.4 Å². The number of hydrogen-bond acceptors (Lipinski definition) is 2. The molecule has 1 aromatic heterocycles. The Kier molecular flexibility index (Phi) is 3.32. The number of aromatic nitrogens is 2. The van der Waals surface area contributed by atoms with Gasteiger partial charge in [-0.15, -0.1) is 0 Å². The second-order valence-corrected chi connectivity index (χ2v) is 4.94. The molecule has 18 heavy (non-hydrogen) atoms. The van der Waals surface area contributed by atoms with E-state index in [2.05, 4.69) is 9.97 Å². The van der Waals surface area contributed by atoms with Gasteiger partial charge in [-0.3, -0.25) is 4.79 Å². The van der Waals surface area contributed by atoms with Crippen molar-refractivity contribution in [3.63, 3.8) is 0 Å². The van der Waals surface area contributed by atoms with E-state index in [0.29, 0.717) is 5.82 Å². The molecule has 0 atom stereocenters. The first kappa shape index (κ1) is 12.6. The topological polar surface area (TPSA) is 45.8 Å². The molecular weight excluding hydrogens is 224 g/mol. The van der Waals surface area contributed by atoms with Gasteiger partial charge in [0.05, 0.1) is 5.69 Å². The second-order valence-electron chi connectivity index (χ2n) is 4.94. The first-order valence-corrected chi connectivity index (χ1v) is 6.17. The normalized spacial score (nSPS) is 10.9. The number of benzene rings is 1. The van der Waals surface area contributed by atoms with E-state index in [1.54, 1.807) is 6.07 Å². The molecule has 1 N–H and O–H groups in total. The van der Waals surface area contributed by atoms with Crippen LogP contribution in [0.15, 0.2) is 29.1 Å². The molecule has 0 radical (unpaired) electrons. The maximum atomic E-state index is 11.7. The number of aryl methyl sites for hydroxylation is 2. The summed E-state index contributed by atoms with van der Waals surface area (Å²) in [6.45, 7) is 8.14. The van der Waals surface area contributed by atoms with Gasteiger partial charge in [0.2, 0.25) is 0 Å². The third-order valence-electron chi connectivity index (χ3n) is 3.07. The number of aromatic amines is 1. The van der Waals surface area contributed by atoms with Crippen molar-refractivity contribution in [2.75, 3.05) is 0 Å². The molecule has 0 saturated heterocycles. The summed E-state index contributed by atoms with van der Waals surface area (Å²) in [7, 11) is 0. The predicted molar refractivity (Wildman–Crippen MR) is 73.9 cm³/mol.